The lowest BCUT2D eigenvalue weighted by Gasteiger charge is -2.27. The maximum Gasteiger partial charge on any atom is 0.212 e. The Morgan fingerprint density at radius 1 is 1.19 bits per heavy atom. The van der Waals surface area contributed by atoms with E-state index in [9.17, 15) is 0 Å². The summed E-state index contributed by atoms with van der Waals surface area (Å²) in [6.45, 7) is 2.14. The molecule has 6 heteroatoms. The predicted molar refractivity (Wildman–Crippen MR) is 64.5 cm³/mol. The minimum Gasteiger partial charge on any atom is -0.342 e. The molecule has 0 N–H and O–H groups in total. The van der Waals surface area contributed by atoms with Gasteiger partial charge in [-0.1, -0.05) is 0 Å². The van der Waals surface area contributed by atoms with Crippen LogP contribution in [0.25, 0.3) is 5.65 Å². The van der Waals surface area contributed by atoms with Gasteiger partial charge in [0, 0.05) is 19.3 Å². The zero-order valence-electron chi connectivity index (χ0n) is 8.80. The molecule has 5 nitrogen and oxygen atoms in total. The van der Waals surface area contributed by atoms with Gasteiger partial charge in [0.1, 0.15) is 6.33 Å². The average Bonchev–Trinajstić information content (AvgIpc) is 2.81. The van der Waals surface area contributed by atoms with Crippen LogP contribution in [0.4, 0.5) is 5.95 Å². The Morgan fingerprint density at radius 2 is 2.00 bits per heavy atom. The summed E-state index contributed by atoms with van der Waals surface area (Å²) in [7, 11) is 0. The van der Waals surface area contributed by atoms with Crippen molar-refractivity contribution in [1.82, 2.24) is 19.6 Å². The lowest BCUT2D eigenvalue weighted by Crippen LogP contribution is -2.31. The van der Waals surface area contributed by atoms with Gasteiger partial charge in [-0.15, -0.1) is 10.2 Å². The number of rotatable bonds is 1. The molecular formula is C10H12BrN5. The second-order valence-corrected chi connectivity index (χ2v) is 4.83. The van der Waals surface area contributed by atoms with E-state index >= 15 is 0 Å². The third-order valence-electron chi connectivity index (χ3n) is 2.91. The zero-order valence-corrected chi connectivity index (χ0v) is 10.4. The third-order valence-corrected chi connectivity index (χ3v) is 3.47. The summed E-state index contributed by atoms with van der Waals surface area (Å²) in [6, 6.07) is 0. The van der Waals surface area contributed by atoms with Gasteiger partial charge in [-0.05, 0) is 35.2 Å². The lowest BCUT2D eigenvalue weighted by molar-refractivity contribution is 0.566. The molecule has 1 aliphatic rings. The smallest absolute Gasteiger partial charge is 0.212 e. The van der Waals surface area contributed by atoms with Gasteiger partial charge in [0.05, 0.1) is 4.47 Å². The normalized spacial score (nSPS) is 16.9. The summed E-state index contributed by atoms with van der Waals surface area (Å²) in [5.41, 5.74) is 0.829. The molecule has 0 aromatic carbocycles. The molecule has 3 heterocycles. The van der Waals surface area contributed by atoms with Crippen LogP contribution in [0.15, 0.2) is 17.0 Å². The highest BCUT2D eigenvalue weighted by molar-refractivity contribution is 9.10. The molecule has 0 atom stereocenters. The second kappa shape index (κ2) is 4.01. The Morgan fingerprint density at radius 3 is 2.81 bits per heavy atom. The quantitative estimate of drug-likeness (QED) is 0.801. The highest BCUT2D eigenvalue weighted by atomic mass is 79.9. The van der Waals surface area contributed by atoms with E-state index in [1.165, 1.54) is 19.3 Å². The first-order valence-corrected chi connectivity index (χ1v) is 6.25. The molecule has 0 saturated carbocycles. The maximum atomic E-state index is 4.46. The van der Waals surface area contributed by atoms with Gasteiger partial charge in [0.2, 0.25) is 5.95 Å². The molecule has 0 bridgehead atoms. The molecular weight excluding hydrogens is 270 g/mol. The number of hydrogen-bond acceptors (Lipinski definition) is 4. The van der Waals surface area contributed by atoms with Gasteiger partial charge in [-0.2, -0.15) is 0 Å². The van der Waals surface area contributed by atoms with Crippen LogP contribution in [0.2, 0.25) is 0 Å². The standard InChI is InChI=1S/C10H12BrN5/c11-8-6-12-10(15-4-2-1-3-5-15)16-7-13-14-9(8)16/h6-7H,1-5H2. The minimum atomic E-state index is 0.829. The average molecular weight is 282 g/mol. The van der Waals surface area contributed by atoms with Crippen LogP contribution in [0, 0.1) is 0 Å². The van der Waals surface area contributed by atoms with Gasteiger partial charge in [-0.3, -0.25) is 0 Å². The van der Waals surface area contributed by atoms with E-state index in [4.69, 9.17) is 0 Å². The number of halogens is 1. The number of aromatic nitrogens is 4. The molecule has 1 fully saturated rings. The molecule has 2 aromatic rings. The zero-order chi connectivity index (χ0) is 11.0. The van der Waals surface area contributed by atoms with Crippen molar-refractivity contribution in [1.29, 1.82) is 0 Å². The van der Waals surface area contributed by atoms with Gasteiger partial charge < -0.3 is 4.90 Å². The number of piperidine rings is 1. The van der Waals surface area contributed by atoms with Crippen molar-refractivity contribution >= 4 is 27.5 Å². The number of hydrogen-bond donors (Lipinski definition) is 0. The first-order valence-electron chi connectivity index (χ1n) is 5.45. The van der Waals surface area contributed by atoms with Crippen LogP contribution in [-0.2, 0) is 0 Å². The molecule has 0 aliphatic carbocycles. The maximum absolute atomic E-state index is 4.46. The van der Waals surface area contributed by atoms with Crippen LogP contribution in [0.3, 0.4) is 0 Å². The van der Waals surface area contributed by atoms with Crippen LogP contribution in [0.1, 0.15) is 19.3 Å². The van der Waals surface area contributed by atoms with Gasteiger partial charge in [0.15, 0.2) is 5.65 Å². The largest absolute Gasteiger partial charge is 0.342 e. The predicted octanol–water partition coefficient (Wildman–Crippen LogP) is 1.88. The molecule has 0 unspecified atom stereocenters. The second-order valence-electron chi connectivity index (χ2n) is 3.98. The Hall–Kier alpha value is -1.17. The Balaban J connectivity index is 2.08. The van der Waals surface area contributed by atoms with Crippen molar-refractivity contribution in [3.63, 3.8) is 0 Å². The molecule has 2 aromatic heterocycles. The fourth-order valence-electron chi connectivity index (χ4n) is 2.11. The van der Waals surface area contributed by atoms with E-state index in [1.54, 1.807) is 12.5 Å². The molecule has 1 saturated heterocycles. The summed E-state index contributed by atoms with van der Waals surface area (Å²) in [5, 5.41) is 8.01. The van der Waals surface area contributed by atoms with Gasteiger partial charge in [-0.25, -0.2) is 9.38 Å². The molecule has 84 valence electrons. The van der Waals surface area contributed by atoms with E-state index in [0.29, 0.717) is 0 Å². The molecule has 0 amide bonds. The first-order chi connectivity index (χ1) is 7.86. The SMILES string of the molecule is Brc1cnc(N2CCCCC2)n2cnnc12. The number of fused-ring (bicyclic) bond motifs is 1. The molecule has 0 radical (unpaired) electrons. The molecule has 0 spiro atoms. The first kappa shape index (κ1) is 10.0. The van der Waals surface area contributed by atoms with E-state index in [1.807, 2.05) is 4.40 Å². The van der Waals surface area contributed by atoms with Crippen molar-refractivity contribution in [2.24, 2.45) is 0 Å². The Kier molecular flexibility index (Phi) is 2.51. The lowest BCUT2D eigenvalue weighted by atomic mass is 10.1. The van der Waals surface area contributed by atoms with Crippen molar-refractivity contribution < 1.29 is 0 Å². The minimum absolute atomic E-state index is 0.829. The summed E-state index contributed by atoms with van der Waals surface area (Å²) in [4.78, 5) is 6.76. The molecule has 16 heavy (non-hydrogen) atoms. The fourth-order valence-corrected chi connectivity index (χ4v) is 2.48. The van der Waals surface area contributed by atoms with Gasteiger partial charge >= 0.3 is 0 Å². The fraction of sp³-hybridized carbons (Fsp3) is 0.500. The van der Waals surface area contributed by atoms with Gasteiger partial charge in [0.25, 0.3) is 0 Å². The molecule has 1 aliphatic heterocycles. The third kappa shape index (κ3) is 1.57. The summed E-state index contributed by atoms with van der Waals surface area (Å²) in [5.74, 6) is 0.947. The monoisotopic (exact) mass is 281 g/mol. The van der Waals surface area contributed by atoms with Crippen molar-refractivity contribution in [2.75, 3.05) is 18.0 Å². The van der Waals surface area contributed by atoms with Crippen LogP contribution >= 0.6 is 15.9 Å². The number of anilines is 1. The highest BCUT2D eigenvalue weighted by Gasteiger charge is 2.16. The summed E-state index contributed by atoms with van der Waals surface area (Å²) < 4.78 is 2.82. The van der Waals surface area contributed by atoms with Crippen molar-refractivity contribution in [2.45, 2.75) is 19.3 Å². The van der Waals surface area contributed by atoms with E-state index in [2.05, 4.69) is 36.0 Å². The topological polar surface area (TPSA) is 46.3 Å². The Bertz CT molecular complexity index is 503. The summed E-state index contributed by atoms with van der Waals surface area (Å²) >= 11 is 3.43. The Labute approximate surface area is 102 Å². The van der Waals surface area contributed by atoms with Crippen molar-refractivity contribution in [3.8, 4) is 0 Å². The van der Waals surface area contributed by atoms with Crippen LogP contribution in [-0.4, -0.2) is 32.7 Å². The molecule has 3 rings (SSSR count). The van der Waals surface area contributed by atoms with Crippen molar-refractivity contribution in [3.05, 3.63) is 17.0 Å². The van der Waals surface area contributed by atoms with E-state index in [0.717, 1.165) is 29.2 Å². The summed E-state index contributed by atoms with van der Waals surface area (Å²) in [6.07, 6.45) is 7.31. The highest BCUT2D eigenvalue weighted by Crippen LogP contribution is 2.22. The van der Waals surface area contributed by atoms with Crippen LogP contribution < -0.4 is 4.90 Å². The van der Waals surface area contributed by atoms with Crippen LogP contribution in [0.5, 0.6) is 0 Å². The number of nitrogens with zero attached hydrogens (tertiary/aromatic N) is 5. The van der Waals surface area contributed by atoms with E-state index in [-0.39, 0.29) is 0 Å². The van der Waals surface area contributed by atoms with E-state index < -0.39 is 0 Å².